The van der Waals surface area contributed by atoms with E-state index in [4.69, 9.17) is 4.52 Å². The van der Waals surface area contributed by atoms with E-state index in [1.54, 1.807) is 0 Å². The fraction of sp³-hybridized carbons (Fsp3) is 0.727. The van der Waals surface area contributed by atoms with Gasteiger partial charge >= 0.3 is 0 Å². The highest BCUT2D eigenvalue weighted by Gasteiger charge is 2.47. The molecule has 0 aromatic carbocycles. The average molecular weight is 221 g/mol. The van der Waals surface area contributed by atoms with E-state index in [0.29, 0.717) is 18.2 Å². The summed E-state index contributed by atoms with van der Waals surface area (Å²) >= 11 is 0. The number of rotatable bonds is 3. The first-order valence-corrected chi connectivity index (χ1v) is 5.85. The van der Waals surface area contributed by atoms with Gasteiger partial charge in [-0.15, -0.1) is 0 Å². The number of hydrogen-bond donors (Lipinski definition) is 0. The Morgan fingerprint density at radius 1 is 1.44 bits per heavy atom. The minimum atomic E-state index is 0.0925. The van der Waals surface area contributed by atoms with Gasteiger partial charge in [-0.05, 0) is 6.42 Å². The van der Waals surface area contributed by atoms with E-state index in [1.807, 2.05) is 0 Å². The molecule has 3 unspecified atom stereocenters. The molecular weight excluding hydrogens is 206 g/mol. The fourth-order valence-electron chi connectivity index (χ4n) is 2.67. The zero-order valence-corrected chi connectivity index (χ0v) is 9.35. The van der Waals surface area contributed by atoms with Gasteiger partial charge in [-0.3, -0.25) is 9.69 Å². The van der Waals surface area contributed by atoms with Crippen molar-refractivity contribution in [3.8, 4) is 0 Å². The molecule has 16 heavy (non-hydrogen) atoms. The lowest BCUT2D eigenvalue weighted by Gasteiger charge is -2.17. The van der Waals surface area contributed by atoms with Crippen LogP contribution >= 0.6 is 0 Å². The van der Waals surface area contributed by atoms with Crippen molar-refractivity contribution < 1.29 is 9.32 Å². The van der Waals surface area contributed by atoms with E-state index in [2.05, 4.69) is 22.0 Å². The molecule has 5 nitrogen and oxygen atoms in total. The third-order valence-electron chi connectivity index (χ3n) is 3.46. The van der Waals surface area contributed by atoms with Crippen LogP contribution < -0.4 is 0 Å². The number of ketones is 1. The highest BCUT2D eigenvalue weighted by molar-refractivity contribution is 5.87. The Kier molecular flexibility index (Phi) is 2.28. The van der Waals surface area contributed by atoms with Crippen LogP contribution in [0.3, 0.4) is 0 Å². The van der Waals surface area contributed by atoms with Crippen LogP contribution in [0, 0.1) is 5.92 Å². The monoisotopic (exact) mass is 221 g/mol. The minimum Gasteiger partial charge on any atom is -0.339 e. The SMILES string of the molecule is CCCc1noc(C2CN3CC(=O)C2C3)n1. The quantitative estimate of drug-likeness (QED) is 0.748. The molecule has 0 radical (unpaired) electrons. The summed E-state index contributed by atoms with van der Waals surface area (Å²) in [6.07, 6.45) is 1.86. The first-order valence-electron chi connectivity index (χ1n) is 5.85. The topological polar surface area (TPSA) is 59.2 Å². The highest BCUT2D eigenvalue weighted by Crippen LogP contribution is 2.36. The molecule has 3 atom stereocenters. The van der Waals surface area contributed by atoms with Gasteiger partial charge in [-0.1, -0.05) is 12.1 Å². The van der Waals surface area contributed by atoms with Crippen molar-refractivity contribution in [1.29, 1.82) is 0 Å². The Morgan fingerprint density at radius 2 is 2.25 bits per heavy atom. The summed E-state index contributed by atoms with van der Waals surface area (Å²) < 4.78 is 5.26. The zero-order valence-electron chi connectivity index (χ0n) is 9.35. The Hall–Kier alpha value is -1.23. The van der Waals surface area contributed by atoms with Crippen molar-refractivity contribution in [2.24, 2.45) is 5.92 Å². The predicted octanol–water partition coefficient (Wildman–Crippen LogP) is 0.620. The normalized spacial score (nSPS) is 32.6. The van der Waals surface area contributed by atoms with Gasteiger partial charge in [-0.25, -0.2) is 0 Å². The Labute approximate surface area is 93.8 Å². The molecule has 0 aliphatic carbocycles. The van der Waals surface area contributed by atoms with E-state index < -0.39 is 0 Å². The molecule has 1 aromatic heterocycles. The van der Waals surface area contributed by atoms with Crippen molar-refractivity contribution >= 4 is 5.78 Å². The number of carbonyl (C=O) groups is 1. The van der Waals surface area contributed by atoms with Gasteiger partial charge in [0.25, 0.3) is 0 Å². The maximum atomic E-state index is 11.6. The van der Waals surface area contributed by atoms with Crippen LogP contribution in [-0.4, -0.2) is 40.5 Å². The molecule has 2 bridgehead atoms. The van der Waals surface area contributed by atoms with Crippen molar-refractivity contribution in [3.05, 3.63) is 11.7 Å². The lowest BCUT2D eigenvalue weighted by atomic mass is 9.91. The minimum absolute atomic E-state index is 0.0925. The molecule has 2 fully saturated rings. The molecule has 0 amide bonds. The predicted molar refractivity (Wildman–Crippen MR) is 56.0 cm³/mol. The molecule has 3 rings (SSSR count). The van der Waals surface area contributed by atoms with Gasteiger partial charge in [0, 0.05) is 25.4 Å². The van der Waals surface area contributed by atoms with E-state index in [-0.39, 0.29) is 11.8 Å². The average Bonchev–Trinajstić information content (AvgIpc) is 2.91. The molecule has 0 spiro atoms. The van der Waals surface area contributed by atoms with Gasteiger partial charge in [0.15, 0.2) is 11.6 Å². The maximum Gasteiger partial charge on any atom is 0.231 e. The molecule has 2 saturated heterocycles. The summed E-state index contributed by atoms with van der Waals surface area (Å²) in [6, 6.07) is 0. The van der Waals surface area contributed by atoms with Crippen molar-refractivity contribution in [2.45, 2.75) is 25.7 Å². The number of hydrogen-bond acceptors (Lipinski definition) is 5. The lowest BCUT2D eigenvalue weighted by molar-refractivity contribution is -0.121. The Balaban J connectivity index is 1.79. The van der Waals surface area contributed by atoms with Gasteiger partial charge < -0.3 is 4.52 Å². The van der Waals surface area contributed by atoms with Gasteiger partial charge in [-0.2, -0.15) is 4.98 Å². The smallest absolute Gasteiger partial charge is 0.231 e. The van der Waals surface area contributed by atoms with Crippen LogP contribution in [0.4, 0.5) is 0 Å². The van der Waals surface area contributed by atoms with E-state index in [9.17, 15) is 4.79 Å². The van der Waals surface area contributed by atoms with E-state index in [0.717, 1.165) is 31.8 Å². The summed E-state index contributed by atoms with van der Waals surface area (Å²) in [6.45, 7) is 4.46. The second-order valence-electron chi connectivity index (χ2n) is 4.67. The summed E-state index contributed by atoms with van der Waals surface area (Å²) in [7, 11) is 0. The van der Waals surface area contributed by atoms with Crippen LogP contribution in [-0.2, 0) is 11.2 Å². The summed E-state index contributed by atoms with van der Waals surface area (Å²) in [5.74, 6) is 1.98. The molecule has 2 aliphatic rings. The molecule has 3 heterocycles. The molecular formula is C11H15N3O2. The number of carbonyl (C=O) groups excluding carboxylic acids is 1. The number of nitrogens with zero attached hydrogens (tertiary/aromatic N) is 3. The first kappa shape index (κ1) is 9.96. The van der Waals surface area contributed by atoms with Crippen molar-refractivity contribution in [3.63, 3.8) is 0 Å². The number of aromatic nitrogens is 2. The zero-order chi connectivity index (χ0) is 11.1. The Bertz CT molecular complexity index is 415. The van der Waals surface area contributed by atoms with Crippen LogP contribution in [0.5, 0.6) is 0 Å². The second-order valence-corrected chi connectivity index (χ2v) is 4.67. The van der Waals surface area contributed by atoms with Crippen LogP contribution in [0.25, 0.3) is 0 Å². The Morgan fingerprint density at radius 3 is 2.94 bits per heavy atom. The molecule has 86 valence electrons. The summed E-state index contributed by atoms with van der Waals surface area (Å²) in [5, 5.41) is 3.94. The summed E-state index contributed by atoms with van der Waals surface area (Å²) in [4.78, 5) is 18.2. The molecule has 2 aliphatic heterocycles. The highest BCUT2D eigenvalue weighted by atomic mass is 16.5. The lowest BCUT2D eigenvalue weighted by Crippen LogP contribution is -2.29. The van der Waals surface area contributed by atoms with E-state index >= 15 is 0 Å². The molecule has 5 heteroatoms. The number of aryl methyl sites for hydroxylation is 1. The van der Waals surface area contributed by atoms with Gasteiger partial charge in [0.2, 0.25) is 5.89 Å². The first-order chi connectivity index (χ1) is 7.78. The van der Waals surface area contributed by atoms with Crippen molar-refractivity contribution in [1.82, 2.24) is 15.0 Å². The fourth-order valence-corrected chi connectivity index (χ4v) is 2.67. The van der Waals surface area contributed by atoms with Crippen LogP contribution in [0.2, 0.25) is 0 Å². The molecule has 1 aromatic rings. The molecule has 0 saturated carbocycles. The van der Waals surface area contributed by atoms with Gasteiger partial charge in [0.1, 0.15) is 0 Å². The number of fused-ring (bicyclic) bond motifs is 2. The van der Waals surface area contributed by atoms with Crippen LogP contribution in [0.15, 0.2) is 4.52 Å². The maximum absolute atomic E-state index is 11.6. The largest absolute Gasteiger partial charge is 0.339 e. The van der Waals surface area contributed by atoms with Crippen LogP contribution in [0.1, 0.15) is 31.0 Å². The molecule has 0 N–H and O–H groups in total. The van der Waals surface area contributed by atoms with E-state index in [1.165, 1.54) is 0 Å². The third-order valence-corrected chi connectivity index (χ3v) is 3.46. The third kappa shape index (κ3) is 1.46. The van der Waals surface area contributed by atoms with Crippen molar-refractivity contribution in [2.75, 3.05) is 19.6 Å². The number of Topliss-reactive ketones (excluding diaryl/α,β-unsaturated/α-hetero) is 1. The second kappa shape index (κ2) is 3.66. The summed E-state index contributed by atoms with van der Waals surface area (Å²) in [5.41, 5.74) is 0. The number of piperidine rings is 1. The standard InChI is InChI=1S/C11H15N3O2/c1-2-3-10-12-11(16-13-10)8-5-14-4-7(8)9(15)6-14/h7-8H,2-6H2,1H3. The van der Waals surface area contributed by atoms with Gasteiger partial charge in [0.05, 0.1) is 12.5 Å².